The lowest BCUT2D eigenvalue weighted by Gasteiger charge is -2.39. The van der Waals surface area contributed by atoms with Crippen LogP contribution >= 0.6 is 0 Å². The Morgan fingerprint density at radius 3 is 2.35 bits per heavy atom. The van der Waals surface area contributed by atoms with E-state index in [0.29, 0.717) is 10.7 Å². The van der Waals surface area contributed by atoms with Crippen LogP contribution in [0.15, 0.2) is 42.5 Å². The Hall–Kier alpha value is -3.48. The van der Waals surface area contributed by atoms with Gasteiger partial charge >= 0.3 is 5.91 Å². The fraction of sp³-hybridized carbons (Fsp3) is 0.333. The summed E-state index contributed by atoms with van der Waals surface area (Å²) in [5, 5.41) is 6.37. The molecule has 2 N–H and O–H groups in total. The van der Waals surface area contributed by atoms with Crippen molar-refractivity contribution in [3.63, 3.8) is 0 Å². The van der Waals surface area contributed by atoms with Crippen LogP contribution in [0.2, 0.25) is 0 Å². The molecule has 4 rings (SSSR count). The van der Waals surface area contributed by atoms with Gasteiger partial charge < -0.3 is 5.32 Å². The van der Waals surface area contributed by atoms with Crippen LogP contribution in [0.4, 0.5) is 0 Å². The molecule has 2 aromatic rings. The molecule has 1 aliphatic heterocycles. The molecule has 0 atom stereocenters. The van der Waals surface area contributed by atoms with Gasteiger partial charge in [-0.15, -0.1) is 0 Å². The van der Waals surface area contributed by atoms with Crippen molar-refractivity contribution in [2.24, 2.45) is 0 Å². The van der Waals surface area contributed by atoms with Crippen LogP contribution in [-0.4, -0.2) is 34.1 Å². The summed E-state index contributed by atoms with van der Waals surface area (Å²) >= 11 is 0. The summed E-state index contributed by atoms with van der Waals surface area (Å²) in [6.07, 6.45) is 6.36. The molecule has 0 bridgehead atoms. The highest BCUT2D eigenvalue weighted by atomic mass is 16.2. The number of hydrazine groups is 1. The summed E-state index contributed by atoms with van der Waals surface area (Å²) in [5.41, 5.74) is 4.63. The van der Waals surface area contributed by atoms with E-state index in [9.17, 15) is 19.2 Å². The number of imide groups is 1. The molecule has 0 radical (unpaired) electrons. The van der Waals surface area contributed by atoms with Gasteiger partial charge in [0.05, 0.1) is 0 Å². The third-order valence-electron chi connectivity index (χ3n) is 6.15. The van der Waals surface area contributed by atoms with Crippen LogP contribution in [0.5, 0.6) is 0 Å². The minimum atomic E-state index is -1.03. The van der Waals surface area contributed by atoms with Crippen LogP contribution in [0.3, 0.4) is 0 Å². The fourth-order valence-corrected chi connectivity index (χ4v) is 4.71. The average molecular weight is 419 g/mol. The molecule has 0 aromatic heterocycles. The molecule has 1 saturated carbocycles. The highest BCUT2D eigenvalue weighted by Crippen LogP contribution is 2.42. The predicted octanol–water partition coefficient (Wildman–Crippen LogP) is 2.63. The van der Waals surface area contributed by atoms with E-state index in [1.165, 1.54) is 11.6 Å². The molecule has 2 aromatic carbocycles. The largest absolute Gasteiger partial charge is 0.379 e. The number of ketones is 1. The Bertz CT molecular complexity index is 1110. The number of rotatable bonds is 2. The summed E-state index contributed by atoms with van der Waals surface area (Å²) in [7, 11) is 0. The zero-order valence-electron chi connectivity index (χ0n) is 17.7. The SMILES string of the molecule is CC(=O)N(NC(=O)C(=O)/C=C1\NC2(CCCC2)Cc2c1ccc1ccccc21)C(C)=O. The first-order valence-corrected chi connectivity index (χ1v) is 10.5. The van der Waals surface area contributed by atoms with Gasteiger partial charge in [0, 0.05) is 36.7 Å². The average Bonchev–Trinajstić information content (AvgIpc) is 3.18. The van der Waals surface area contributed by atoms with E-state index < -0.39 is 23.5 Å². The van der Waals surface area contributed by atoms with Gasteiger partial charge in [-0.2, -0.15) is 5.01 Å². The van der Waals surface area contributed by atoms with Gasteiger partial charge in [0.15, 0.2) is 0 Å². The molecule has 2 aliphatic rings. The number of nitrogens with one attached hydrogen (secondary N) is 2. The van der Waals surface area contributed by atoms with Crippen molar-refractivity contribution >= 4 is 40.0 Å². The van der Waals surface area contributed by atoms with Crippen LogP contribution in [-0.2, 0) is 25.6 Å². The van der Waals surface area contributed by atoms with Crippen molar-refractivity contribution in [2.45, 2.75) is 51.5 Å². The quantitative estimate of drug-likeness (QED) is 0.443. The number of fused-ring (bicyclic) bond motifs is 3. The van der Waals surface area contributed by atoms with Crippen LogP contribution in [0.25, 0.3) is 16.5 Å². The van der Waals surface area contributed by atoms with Gasteiger partial charge in [0.1, 0.15) is 0 Å². The number of benzene rings is 2. The second-order valence-corrected chi connectivity index (χ2v) is 8.34. The molecule has 1 aliphatic carbocycles. The standard InChI is InChI=1S/C24H25N3O4/c1-15(28)27(16(2)29)26-23(31)22(30)13-21-19-10-9-17-7-3-4-8-18(17)20(19)14-24(25-21)11-5-6-12-24/h3-4,7-10,13,25H,5-6,11-12,14H2,1-2H3,(H,26,31)/b21-13-. The highest BCUT2D eigenvalue weighted by molar-refractivity contribution is 6.42. The molecule has 31 heavy (non-hydrogen) atoms. The van der Waals surface area contributed by atoms with Gasteiger partial charge in [-0.1, -0.05) is 49.2 Å². The van der Waals surface area contributed by atoms with Gasteiger partial charge in [-0.05, 0) is 35.6 Å². The minimum Gasteiger partial charge on any atom is -0.379 e. The molecule has 3 amide bonds. The van der Waals surface area contributed by atoms with E-state index in [1.54, 1.807) is 0 Å². The molecule has 0 unspecified atom stereocenters. The lowest BCUT2D eigenvalue weighted by atomic mass is 9.80. The maximum absolute atomic E-state index is 12.7. The second kappa shape index (κ2) is 7.98. The molecule has 1 spiro atoms. The third kappa shape index (κ3) is 3.95. The Morgan fingerprint density at radius 2 is 1.68 bits per heavy atom. The number of nitrogens with zero attached hydrogens (tertiary/aromatic N) is 1. The number of carbonyl (C=O) groups is 4. The highest BCUT2D eigenvalue weighted by Gasteiger charge is 2.39. The Balaban J connectivity index is 1.72. The van der Waals surface area contributed by atoms with Crippen LogP contribution < -0.4 is 10.7 Å². The molecule has 160 valence electrons. The minimum absolute atomic E-state index is 0.134. The van der Waals surface area contributed by atoms with Crippen molar-refractivity contribution in [2.75, 3.05) is 0 Å². The summed E-state index contributed by atoms with van der Waals surface area (Å²) in [6.45, 7) is 2.27. The van der Waals surface area contributed by atoms with E-state index >= 15 is 0 Å². The Kier molecular flexibility index (Phi) is 5.35. The maximum Gasteiger partial charge on any atom is 0.310 e. The maximum atomic E-state index is 12.7. The normalized spacial score (nSPS) is 17.8. The predicted molar refractivity (Wildman–Crippen MR) is 116 cm³/mol. The molecular formula is C24H25N3O4. The number of hydrogen-bond acceptors (Lipinski definition) is 5. The van der Waals surface area contributed by atoms with Gasteiger partial charge in [0.2, 0.25) is 17.6 Å². The number of amides is 3. The second-order valence-electron chi connectivity index (χ2n) is 8.34. The fourth-order valence-electron chi connectivity index (χ4n) is 4.71. The van der Waals surface area contributed by atoms with E-state index in [-0.39, 0.29) is 5.54 Å². The molecule has 1 heterocycles. The van der Waals surface area contributed by atoms with E-state index in [4.69, 9.17) is 0 Å². The Labute approximate surface area is 180 Å². The molecule has 7 nitrogen and oxygen atoms in total. The van der Waals surface area contributed by atoms with Gasteiger partial charge in [-0.25, -0.2) is 0 Å². The van der Waals surface area contributed by atoms with Crippen molar-refractivity contribution in [1.82, 2.24) is 15.8 Å². The first-order valence-electron chi connectivity index (χ1n) is 10.5. The van der Waals surface area contributed by atoms with E-state index in [0.717, 1.165) is 62.3 Å². The summed E-state index contributed by atoms with van der Waals surface area (Å²) in [6, 6.07) is 12.1. The van der Waals surface area contributed by atoms with Crippen molar-refractivity contribution < 1.29 is 19.2 Å². The zero-order valence-corrected chi connectivity index (χ0v) is 17.7. The van der Waals surface area contributed by atoms with E-state index in [2.05, 4.69) is 22.9 Å². The summed E-state index contributed by atoms with van der Waals surface area (Å²) in [5.74, 6) is -3.20. The van der Waals surface area contributed by atoms with E-state index in [1.807, 2.05) is 24.3 Å². The lowest BCUT2D eigenvalue weighted by molar-refractivity contribution is -0.152. The first kappa shape index (κ1) is 20.8. The monoisotopic (exact) mass is 419 g/mol. The Morgan fingerprint density at radius 1 is 1.00 bits per heavy atom. The molecular weight excluding hydrogens is 394 g/mol. The lowest BCUT2D eigenvalue weighted by Crippen LogP contribution is -2.50. The van der Waals surface area contributed by atoms with Crippen molar-refractivity contribution in [1.29, 1.82) is 0 Å². The molecule has 7 heteroatoms. The first-order chi connectivity index (χ1) is 14.8. The zero-order chi connectivity index (χ0) is 22.2. The van der Waals surface area contributed by atoms with Crippen molar-refractivity contribution in [3.8, 4) is 0 Å². The summed E-state index contributed by atoms with van der Waals surface area (Å²) < 4.78 is 0. The van der Waals surface area contributed by atoms with Gasteiger partial charge in [0.25, 0.3) is 0 Å². The third-order valence-corrected chi connectivity index (χ3v) is 6.15. The topological polar surface area (TPSA) is 95.6 Å². The molecule has 0 saturated heterocycles. The smallest absolute Gasteiger partial charge is 0.310 e. The van der Waals surface area contributed by atoms with Crippen molar-refractivity contribution in [3.05, 3.63) is 53.6 Å². The number of hydrogen-bond donors (Lipinski definition) is 2. The molecule has 1 fully saturated rings. The number of carbonyl (C=O) groups excluding carboxylic acids is 4. The van der Waals surface area contributed by atoms with Gasteiger partial charge in [-0.3, -0.25) is 24.6 Å². The summed E-state index contributed by atoms with van der Waals surface area (Å²) in [4.78, 5) is 48.2. The van der Waals surface area contributed by atoms with Crippen LogP contribution in [0.1, 0.15) is 50.7 Å². The van der Waals surface area contributed by atoms with Crippen LogP contribution in [0, 0.1) is 0 Å².